The SMILES string of the molecule is Cc1cccc(-c2nnc(CCCNC3CC3)s2)c1F. The average Bonchev–Trinajstić information content (AvgIpc) is 3.15. The fourth-order valence-corrected chi connectivity index (χ4v) is 3.01. The monoisotopic (exact) mass is 291 g/mol. The van der Waals surface area contributed by atoms with E-state index in [0.29, 0.717) is 16.1 Å². The van der Waals surface area contributed by atoms with Crippen molar-refractivity contribution in [1.29, 1.82) is 0 Å². The van der Waals surface area contributed by atoms with Crippen LogP contribution in [-0.4, -0.2) is 22.8 Å². The molecule has 1 aliphatic carbocycles. The van der Waals surface area contributed by atoms with Crippen LogP contribution in [0.25, 0.3) is 10.6 Å². The van der Waals surface area contributed by atoms with E-state index in [1.807, 2.05) is 6.07 Å². The van der Waals surface area contributed by atoms with Crippen LogP contribution in [-0.2, 0) is 6.42 Å². The van der Waals surface area contributed by atoms with Crippen molar-refractivity contribution in [2.75, 3.05) is 6.54 Å². The number of nitrogens with zero attached hydrogens (tertiary/aromatic N) is 2. The average molecular weight is 291 g/mol. The van der Waals surface area contributed by atoms with Crippen LogP contribution < -0.4 is 5.32 Å². The molecule has 2 aromatic rings. The summed E-state index contributed by atoms with van der Waals surface area (Å²) in [5, 5.41) is 13.4. The fourth-order valence-electron chi connectivity index (χ4n) is 2.11. The lowest BCUT2D eigenvalue weighted by Gasteiger charge is -2.01. The summed E-state index contributed by atoms with van der Waals surface area (Å²) in [4.78, 5) is 0. The lowest BCUT2D eigenvalue weighted by Crippen LogP contribution is -2.17. The van der Waals surface area contributed by atoms with Crippen molar-refractivity contribution in [3.05, 3.63) is 34.6 Å². The van der Waals surface area contributed by atoms with E-state index in [4.69, 9.17) is 0 Å². The third-order valence-corrected chi connectivity index (χ3v) is 4.48. The number of benzene rings is 1. The molecule has 3 rings (SSSR count). The quantitative estimate of drug-likeness (QED) is 0.830. The van der Waals surface area contributed by atoms with Gasteiger partial charge in [0, 0.05) is 18.0 Å². The van der Waals surface area contributed by atoms with Gasteiger partial charge in [-0.25, -0.2) is 4.39 Å². The van der Waals surface area contributed by atoms with Gasteiger partial charge in [0.15, 0.2) is 5.01 Å². The van der Waals surface area contributed by atoms with Crippen LogP contribution >= 0.6 is 11.3 Å². The number of hydrogen-bond donors (Lipinski definition) is 1. The van der Waals surface area contributed by atoms with E-state index in [0.717, 1.165) is 30.4 Å². The Hall–Kier alpha value is -1.33. The van der Waals surface area contributed by atoms with Gasteiger partial charge in [-0.3, -0.25) is 0 Å². The molecule has 1 fully saturated rings. The summed E-state index contributed by atoms with van der Waals surface area (Å²) in [6.07, 6.45) is 4.59. The fraction of sp³-hybridized carbons (Fsp3) is 0.467. The van der Waals surface area contributed by atoms with E-state index in [9.17, 15) is 4.39 Å². The van der Waals surface area contributed by atoms with Gasteiger partial charge < -0.3 is 5.32 Å². The standard InChI is InChI=1S/C15H18FN3S/c1-10-4-2-5-12(14(10)16)15-19-18-13(20-15)6-3-9-17-11-7-8-11/h2,4-5,11,17H,3,6-9H2,1H3. The molecule has 1 aromatic heterocycles. The number of rotatable bonds is 6. The Kier molecular flexibility index (Phi) is 4.08. The van der Waals surface area contributed by atoms with Crippen LogP contribution in [0, 0.1) is 12.7 Å². The molecular weight excluding hydrogens is 273 g/mol. The second-order valence-corrected chi connectivity index (χ2v) is 6.33. The molecule has 1 aliphatic rings. The highest BCUT2D eigenvalue weighted by Gasteiger charge is 2.19. The minimum atomic E-state index is -0.189. The molecule has 0 radical (unpaired) electrons. The smallest absolute Gasteiger partial charge is 0.150 e. The van der Waals surface area contributed by atoms with Gasteiger partial charge in [-0.05, 0) is 44.4 Å². The first kappa shape index (κ1) is 13.6. The van der Waals surface area contributed by atoms with E-state index in [1.54, 1.807) is 19.1 Å². The van der Waals surface area contributed by atoms with E-state index >= 15 is 0 Å². The summed E-state index contributed by atoms with van der Waals surface area (Å²) in [7, 11) is 0. The van der Waals surface area contributed by atoms with Crippen molar-refractivity contribution in [1.82, 2.24) is 15.5 Å². The zero-order valence-electron chi connectivity index (χ0n) is 11.5. The Morgan fingerprint density at radius 1 is 1.35 bits per heavy atom. The molecule has 3 nitrogen and oxygen atoms in total. The van der Waals surface area contributed by atoms with Crippen LogP contribution in [0.2, 0.25) is 0 Å². The second-order valence-electron chi connectivity index (χ2n) is 5.27. The molecule has 0 saturated heterocycles. The van der Waals surface area contributed by atoms with Crippen LogP contribution in [0.5, 0.6) is 0 Å². The molecule has 1 saturated carbocycles. The lowest BCUT2D eigenvalue weighted by atomic mass is 10.1. The zero-order chi connectivity index (χ0) is 13.9. The Balaban J connectivity index is 1.62. The normalized spacial score (nSPS) is 14.7. The largest absolute Gasteiger partial charge is 0.314 e. The van der Waals surface area contributed by atoms with Gasteiger partial charge in [-0.1, -0.05) is 23.5 Å². The Morgan fingerprint density at radius 3 is 3.00 bits per heavy atom. The highest BCUT2D eigenvalue weighted by atomic mass is 32.1. The summed E-state index contributed by atoms with van der Waals surface area (Å²) in [6.45, 7) is 2.79. The maximum atomic E-state index is 14.0. The Bertz CT molecular complexity index is 593. The van der Waals surface area contributed by atoms with Crippen LogP contribution in [0.3, 0.4) is 0 Å². The highest BCUT2D eigenvalue weighted by molar-refractivity contribution is 7.14. The Morgan fingerprint density at radius 2 is 2.20 bits per heavy atom. The molecular formula is C15H18FN3S. The van der Waals surface area contributed by atoms with Gasteiger partial charge in [0.25, 0.3) is 0 Å². The molecule has 0 bridgehead atoms. The highest BCUT2D eigenvalue weighted by Crippen LogP contribution is 2.28. The van der Waals surface area contributed by atoms with Gasteiger partial charge in [-0.15, -0.1) is 10.2 Å². The first-order chi connectivity index (χ1) is 9.74. The maximum absolute atomic E-state index is 14.0. The molecule has 1 heterocycles. The minimum Gasteiger partial charge on any atom is -0.314 e. The molecule has 0 aliphatic heterocycles. The predicted octanol–water partition coefficient (Wildman–Crippen LogP) is 3.34. The first-order valence-corrected chi connectivity index (χ1v) is 7.87. The predicted molar refractivity (Wildman–Crippen MR) is 79.4 cm³/mol. The summed E-state index contributed by atoms with van der Waals surface area (Å²) >= 11 is 1.49. The second kappa shape index (κ2) is 5.97. The summed E-state index contributed by atoms with van der Waals surface area (Å²) < 4.78 is 14.0. The van der Waals surface area contributed by atoms with Gasteiger partial charge >= 0.3 is 0 Å². The molecule has 0 atom stereocenters. The minimum absolute atomic E-state index is 0.189. The van der Waals surface area contributed by atoms with Crippen molar-refractivity contribution in [2.45, 2.75) is 38.6 Å². The summed E-state index contributed by atoms with van der Waals surface area (Å²) in [5.41, 5.74) is 1.21. The van der Waals surface area contributed by atoms with Crippen molar-refractivity contribution in [3.8, 4) is 10.6 Å². The van der Waals surface area contributed by atoms with Crippen molar-refractivity contribution in [2.24, 2.45) is 0 Å². The first-order valence-electron chi connectivity index (χ1n) is 7.05. The molecule has 106 valence electrons. The van der Waals surface area contributed by atoms with E-state index in [1.165, 1.54) is 24.2 Å². The van der Waals surface area contributed by atoms with Gasteiger partial charge in [-0.2, -0.15) is 0 Å². The van der Waals surface area contributed by atoms with Crippen molar-refractivity contribution < 1.29 is 4.39 Å². The van der Waals surface area contributed by atoms with Crippen LogP contribution in [0.15, 0.2) is 18.2 Å². The topological polar surface area (TPSA) is 37.8 Å². The molecule has 1 N–H and O–H groups in total. The van der Waals surface area contributed by atoms with Crippen LogP contribution in [0.4, 0.5) is 4.39 Å². The number of aromatic nitrogens is 2. The van der Waals surface area contributed by atoms with Crippen molar-refractivity contribution >= 4 is 11.3 Å². The number of aryl methyl sites for hydroxylation is 2. The molecule has 0 unspecified atom stereocenters. The molecule has 0 amide bonds. The number of hydrogen-bond acceptors (Lipinski definition) is 4. The van der Waals surface area contributed by atoms with Gasteiger partial charge in [0.2, 0.25) is 0 Å². The third-order valence-electron chi connectivity index (χ3n) is 3.47. The number of nitrogens with one attached hydrogen (secondary N) is 1. The van der Waals surface area contributed by atoms with E-state index in [2.05, 4.69) is 15.5 Å². The summed E-state index contributed by atoms with van der Waals surface area (Å²) in [6, 6.07) is 6.14. The molecule has 0 spiro atoms. The van der Waals surface area contributed by atoms with E-state index in [-0.39, 0.29) is 5.82 Å². The maximum Gasteiger partial charge on any atom is 0.150 e. The van der Waals surface area contributed by atoms with Crippen LogP contribution in [0.1, 0.15) is 29.8 Å². The number of halogens is 1. The van der Waals surface area contributed by atoms with Crippen molar-refractivity contribution in [3.63, 3.8) is 0 Å². The summed E-state index contributed by atoms with van der Waals surface area (Å²) in [5.74, 6) is -0.189. The van der Waals surface area contributed by atoms with Gasteiger partial charge in [0.1, 0.15) is 10.8 Å². The molecule has 20 heavy (non-hydrogen) atoms. The van der Waals surface area contributed by atoms with E-state index < -0.39 is 0 Å². The molecule has 5 heteroatoms. The lowest BCUT2D eigenvalue weighted by molar-refractivity contribution is 0.621. The zero-order valence-corrected chi connectivity index (χ0v) is 12.3. The molecule has 1 aromatic carbocycles. The third kappa shape index (κ3) is 3.22. The Labute approximate surface area is 122 Å². The van der Waals surface area contributed by atoms with Gasteiger partial charge in [0.05, 0.1) is 0 Å².